The number of aliphatic hydroxyl groups is 1. The van der Waals surface area contributed by atoms with Crippen molar-refractivity contribution in [1.29, 1.82) is 0 Å². The molecule has 1 unspecified atom stereocenters. The first-order valence-electron chi connectivity index (χ1n) is 6.45. The molecular formula is C18H18O. The lowest BCUT2D eigenvalue weighted by Crippen LogP contribution is -2.26. The molecule has 1 heteroatoms. The van der Waals surface area contributed by atoms with E-state index in [1.807, 2.05) is 67.6 Å². The molecule has 1 atom stereocenters. The zero-order valence-electron chi connectivity index (χ0n) is 11.1. The highest BCUT2D eigenvalue weighted by molar-refractivity contribution is 5.35. The SMILES string of the molecule is CC(CO)(CC#Cc1ccccc1)c1ccccc1. The maximum absolute atomic E-state index is 9.67. The Balaban J connectivity index is 2.15. The predicted octanol–water partition coefficient (Wildman–Crippen LogP) is 3.38. The maximum atomic E-state index is 9.67. The predicted molar refractivity (Wildman–Crippen MR) is 78.8 cm³/mol. The van der Waals surface area contributed by atoms with Gasteiger partial charge < -0.3 is 5.11 Å². The Hall–Kier alpha value is -2.04. The minimum absolute atomic E-state index is 0.0977. The van der Waals surface area contributed by atoms with Crippen LogP contribution in [0.15, 0.2) is 60.7 Å². The fourth-order valence-corrected chi connectivity index (χ4v) is 1.95. The molecule has 0 fully saturated rings. The van der Waals surface area contributed by atoms with E-state index in [9.17, 15) is 5.11 Å². The van der Waals surface area contributed by atoms with Crippen LogP contribution in [-0.2, 0) is 5.41 Å². The average molecular weight is 250 g/mol. The van der Waals surface area contributed by atoms with Gasteiger partial charge in [0.2, 0.25) is 0 Å². The Labute approximate surface area is 114 Å². The molecule has 19 heavy (non-hydrogen) atoms. The van der Waals surface area contributed by atoms with E-state index in [1.165, 1.54) is 0 Å². The normalized spacial score (nSPS) is 13.2. The summed E-state index contributed by atoms with van der Waals surface area (Å²) in [6, 6.07) is 20.0. The summed E-state index contributed by atoms with van der Waals surface area (Å²) in [4.78, 5) is 0. The van der Waals surface area contributed by atoms with Crippen molar-refractivity contribution in [2.24, 2.45) is 0 Å². The van der Waals surface area contributed by atoms with E-state index >= 15 is 0 Å². The Morgan fingerprint density at radius 3 is 2.11 bits per heavy atom. The molecule has 0 spiro atoms. The van der Waals surface area contributed by atoms with Gasteiger partial charge in [-0.15, -0.1) is 0 Å². The van der Waals surface area contributed by atoms with Gasteiger partial charge in [0.05, 0.1) is 6.61 Å². The highest BCUT2D eigenvalue weighted by Crippen LogP contribution is 2.26. The number of benzene rings is 2. The lowest BCUT2D eigenvalue weighted by Gasteiger charge is -2.25. The maximum Gasteiger partial charge on any atom is 0.0534 e. The number of hydrogen-bond acceptors (Lipinski definition) is 1. The first-order chi connectivity index (χ1) is 9.24. The molecule has 0 radical (unpaired) electrons. The summed E-state index contributed by atoms with van der Waals surface area (Å²) in [7, 11) is 0. The monoisotopic (exact) mass is 250 g/mol. The zero-order chi connectivity index (χ0) is 13.6. The molecule has 96 valence electrons. The smallest absolute Gasteiger partial charge is 0.0534 e. The van der Waals surface area contributed by atoms with Crippen LogP contribution in [0.25, 0.3) is 0 Å². The topological polar surface area (TPSA) is 20.2 Å². The molecule has 1 nitrogen and oxygen atoms in total. The minimum atomic E-state index is -0.303. The number of rotatable bonds is 3. The molecule has 2 aromatic carbocycles. The third kappa shape index (κ3) is 3.47. The van der Waals surface area contributed by atoms with Crippen molar-refractivity contribution >= 4 is 0 Å². The molecule has 0 amide bonds. The van der Waals surface area contributed by atoms with E-state index in [2.05, 4.69) is 11.8 Å². The Bertz CT molecular complexity index is 563. The summed E-state index contributed by atoms with van der Waals surface area (Å²) in [6.07, 6.45) is 0.641. The van der Waals surface area contributed by atoms with Crippen LogP contribution in [0.4, 0.5) is 0 Å². The molecule has 0 bridgehead atoms. The van der Waals surface area contributed by atoms with Gasteiger partial charge in [-0.3, -0.25) is 0 Å². The van der Waals surface area contributed by atoms with Gasteiger partial charge in [-0.1, -0.05) is 67.3 Å². The molecule has 0 aliphatic rings. The molecule has 0 aliphatic heterocycles. The highest BCUT2D eigenvalue weighted by atomic mass is 16.3. The second-order valence-corrected chi connectivity index (χ2v) is 4.93. The molecule has 2 aromatic rings. The van der Waals surface area contributed by atoms with E-state index in [0.717, 1.165) is 11.1 Å². The summed E-state index contributed by atoms with van der Waals surface area (Å²) in [6.45, 7) is 2.14. The van der Waals surface area contributed by atoms with Crippen LogP contribution in [0.5, 0.6) is 0 Å². The van der Waals surface area contributed by atoms with E-state index in [0.29, 0.717) is 6.42 Å². The lowest BCUT2D eigenvalue weighted by molar-refractivity contribution is 0.208. The van der Waals surface area contributed by atoms with Gasteiger partial charge in [0, 0.05) is 17.4 Å². The Morgan fingerprint density at radius 2 is 1.53 bits per heavy atom. The third-order valence-electron chi connectivity index (χ3n) is 3.30. The third-order valence-corrected chi connectivity index (χ3v) is 3.30. The van der Waals surface area contributed by atoms with Crippen molar-refractivity contribution in [3.63, 3.8) is 0 Å². The van der Waals surface area contributed by atoms with Crippen LogP contribution >= 0.6 is 0 Å². The van der Waals surface area contributed by atoms with Crippen molar-refractivity contribution < 1.29 is 5.11 Å². The second-order valence-electron chi connectivity index (χ2n) is 4.93. The summed E-state index contributed by atoms with van der Waals surface area (Å²) in [5.74, 6) is 6.32. The van der Waals surface area contributed by atoms with Crippen molar-refractivity contribution in [2.45, 2.75) is 18.8 Å². The van der Waals surface area contributed by atoms with Crippen LogP contribution in [-0.4, -0.2) is 11.7 Å². The van der Waals surface area contributed by atoms with E-state index in [1.54, 1.807) is 0 Å². The van der Waals surface area contributed by atoms with Crippen LogP contribution < -0.4 is 0 Å². The quantitative estimate of drug-likeness (QED) is 0.828. The second kappa shape index (κ2) is 6.22. The number of hydrogen-bond donors (Lipinski definition) is 1. The summed E-state index contributed by atoms with van der Waals surface area (Å²) in [5.41, 5.74) is 1.83. The largest absolute Gasteiger partial charge is 0.395 e. The standard InChI is InChI=1S/C18H18O/c1-18(15-19,17-12-6-3-7-13-17)14-8-11-16-9-4-2-5-10-16/h2-7,9-10,12-13,19H,14-15H2,1H3. The van der Waals surface area contributed by atoms with Crippen LogP contribution in [0.1, 0.15) is 24.5 Å². The van der Waals surface area contributed by atoms with Gasteiger partial charge in [-0.05, 0) is 17.7 Å². The van der Waals surface area contributed by atoms with Crippen LogP contribution in [0.3, 0.4) is 0 Å². The highest BCUT2D eigenvalue weighted by Gasteiger charge is 2.24. The summed E-state index contributed by atoms with van der Waals surface area (Å²) >= 11 is 0. The van der Waals surface area contributed by atoms with Gasteiger partial charge in [0.15, 0.2) is 0 Å². The molecule has 1 N–H and O–H groups in total. The molecular weight excluding hydrogens is 232 g/mol. The molecule has 0 heterocycles. The molecule has 0 aliphatic carbocycles. The van der Waals surface area contributed by atoms with Crippen LogP contribution in [0.2, 0.25) is 0 Å². The van der Waals surface area contributed by atoms with E-state index in [-0.39, 0.29) is 12.0 Å². The van der Waals surface area contributed by atoms with Gasteiger partial charge in [0.25, 0.3) is 0 Å². The van der Waals surface area contributed by atoms with Crippen LogP contribution in [0, 0.1) is 11.8 Å². The van der Waals surface area contributed by atoms with Gasteiger partial charge in [-0.25, -0.2) is 0 Å². The zero-order valence-corrected chi connectivity index (χ0v) is 11.1. The Kier molecular flexibility index (Phi) is 4.39. The van der Waals surface area contributed by atoms with Gasteiger partial charge in [0.1, 0.15) is 0 Å². The fourth-order valence-electron chi connectivity index (χ4n) is 1.95. The fraction of sp³-hybridized carbons (Fsp3) is 0.222. The van der Waals surface area contributed by atoms with E-state index < -0.39 is 0 Å². The molecule has 0 saturated carbocycles. The van der Waals surface area contributed by atoms with Crippen molar-refractivity contribution in [1.82, 2.24) is 0 Å². The first kappa shape index (κ1) is 13.4. The average Bonchev–Trinajstić information content (AvgIpc) is 2.49. The minimum Gasteiger partial charge on any atom is -0.395 e. The molecule has 0 saturated heterocycles. The molecule has 2 rings (SSSR count). The number of aliphatic hydroxyl groups excluding tert-OH is 1. The molecule has 0 aromatic heterocycles. The summed E-state index contributed by atoms with van der Waals surface area (Å²) in [5, 5.41) is 9.67. The van der Waals surface area contributed by atoms with Gasteiger partial charge in [-0.2, -0.15) is 0 Å². The first-order valence-corrected chi connectivity index (χ1v) is 6.45. The lowest BCUT2D eigenvalue weighted by atomic mass is 9.80. The van der Waals surface area contributed by atoms with Gasteiger partial charge >= 0.3 is 0 Å². The van der Waals surface area contributed by atoms with Crippen molar-refractivity contribution in [2.75, 3.05) is 6.61 Å². The summed E-state index contributed by atoms with van der Waals surface area (Å²) < 4.78 is 0. The van der Waals surface area contributed by atoms with Crippen molar-refractivity contribution in [3.8, 4) is 11.8 Å². The van der Waals surface area contributed by atoms with Crippen molar-refractivity contribution in [3.05, 3.63) is 71.8 Å². The van der Waals surface area contributed by atoms with E-state index in [4.69, 9.17) is 0 Å². The Morgan fingerprint density at radius 1 is 0.947 bits per heavy atom.